The average Bonchev–Trinajstić information content (AvgIpc) is 4.04. The van der Waals surface area contributed by atoms with Gasteiger partial charge in [-0.25, -0.2) is 19.6 Å². The van der Waals surface area contributed by atoms with Crippen molar-refractivity contribution in [1.82, 2.24) is 40.4 Å². The van der Waals surface area contributed by atoms with Gasteiger partial charge in [-0.15, -0.1) is 11.8 Å². The molecule has 6 rings (SSSR count). The van der Waals surface area contributed by atoms with E-state index in [9.17, 15) is 19.2 Å². The summed E-state index contributed by atoms with van der Waals surface area (Å²) in [6, 6.07) is 13.9. The molecular weight excluding hydrogens is 757 g/mol. The summed E-state index contributed by atoms with van der Waals surface area (Å²) in [6.07, 6.45) is 3.91. The SMILES string of the molecule is COC(=O)N[C@H](C(=O)N1CCC[C@H]1c1ncc(-c2ccc(C#Cc3ccc(-c4cnc([C@H]5N(C(=O)[C@@H](NC(=O)OC)C(C)C)CSC5(C)C)[nH]4)cc3)cc2)[nH]1)C(C)C. The second-order valence-electron chi connectivity index (χ2n) is 15.8. The van der Waals surface area contributed by atoms with Crippen molar-refractivity contribution >= 4 is 35.8 Å². The fourth-order valence-corrected chi connectivity index (χ4v) is 8.53. The van der Waals surface area contributed by atoms with Crippen molar-refractivity contribution in [3.05, 3.63) is 83.7 Å². The van der Waals surface area contributed by atoms with E-state index in [-0.39, 0.29) is 40.5 Å². The summed E-state index contributed by atoms with van der Waals surface area (Å²) in [4.78, 5) is 71.1. The molecule has 2 saturated heterocycles. The molecule has 14 nitrogen and oxygen atoms in total. The Labute approximate surface area is 343 Å². The summed E-state index contributed by atoms with van der Waals surface area (Å²) in [6.45, 7) is 12.4. The Morgan fingerprint density at radius 1 is 0.759 bits per heavy atom. The van der Waals surface area contributed by atoms with E-state index in [0.717, 1.165) is 46.5 Å². The summed E-state index contributed by atoms with van der Waals surface area (Å²) in [5, 5.41) is 5.39. The van der Waals surface area contributed by atoms with Gasteiger partial charge in [-0.1, -0.05) is 63.8 Å². The molecule has 306 valence electrons. The molecule has 2 aromatic carbocycles. The van der Waals surface area contributed by atoms with E-state index in [1.54, 1.807) is 34.0 Å². The molecule has 0 aliphatic carbocycles. The number of imidazole rings is 2. The molecule has 4 atom stereocenters. The molecule has 4 N–H and O–H groups in total. The number of rotatable bonds is 10. The zero-order valence-corrected chi connectivity index (χ0v) is 35.0. The van der Waals surface area contributed by atoms with E-state index < -0.39 is 24.3 Å². The van der Waals surface area contributed by atoms with Crippen molar-refractivity contribution in [2.45, 2.75) is 83.3 Å². The third-order valence-corrected chi connectivity index (χ3v) is 12.0. The highest BCUT2D eigenvalue weighted by Gasteiger charge is 2.48. The van der Waals surface area contributed by atoms with E-state index in [0.29, 0.717) is 24.1 Å². The van der Waals surface area contributed by atoms with Gasteiger partial charge in [0.2, 0.25) is 11.8 Å². The lowest BCUT2D eigenvalue weighted by molar-refractivity contribution is -0.136. The number of amides is 4. The Bertz CT molecular complexity index is 2170. The summed E-state index contributed by atoms with van der Waals surface area (Å²) in [5.41, 5.74) is 5.25. The molecule has 2 aromatic heterocycles. The number of nitrogens with one attached hydrogen (secondary N) is 4. The first-order valence-corrected chi connectivity index (χ1v) is 20.5. The highest BCUT2D eigenvalue weighted by atomic mass is 32.2. The van der Waals surface area contributed by atoms with Crippen LogP contribution in [0.4, 0.5) is 9.59 Å². The predicted molar refractivity (Wildman–Crippen MR) is 222 cm³/mol. The minimum atomic E-state index is -0.730. The molecule has 0 unspecified atom stereocenters. The van der Waals surface area contributed by atoms with E-state index in [1.807, 2.05) is 76.2 Å². The maximum atomic E-state index is 13.8. The normalized spacial score (nSPS) is 18.4. The van der Waals surface area contributed by atoms with Crippen molar-refractivity contribution in [3.8, 4) is 34.4 Å². The van der Waals surface area contributed by atoms with Crippen molar-refractivity contribution in [3.63, 3.8) is 0 Å². The van der Waals surface area contributed by atoms with Crippen LogP contribution in [0.1, 0.15) is 89.2 Å². The van der Waals surface area contributed by atoms with Crippen LogP contribution in [0.3, 0.4) is 0 Å². The zero-order valence-electron chi connectivity index (χ0n) is 34.2. The molecule has 0 radical (unpaired) electrons. The molecule has 0 spiro atoms. The summed E-state index contributed by atoms with van der Waals surface area (Å²) >= 11 is 1.67. The monoisotopic (exact) mass is 808 g/mol. The van der Waals surface area contributed by atoms with Gasteiger partial charge >= 0.3 is 12.2 Å². The molecule has 4 heterocycles. The fourth-order valence-electron chi connectivity index (χ4n) is 7.39. The van der Waals surface area contributed by atoms with E-state index >= 15 is 0 Å². The van der Waals surface area contributed by atoms with Gasteiger partial charge in [0, 0.05) is 22.4 Å². The average molecular weight is 809 g/mol. The highest BCUT2D eigenvalue weighted by molar-refractivity contribution is 8.00. The van der Waals surface area contributed by atoms with Crippen LogP contribution in [0.5, 0.6) is 0 Å². The van der Waals surface area contributed by atoms with Crippen molar-refractivity contribution in [2.24, 2.45) is 11.8 Å². The number of aromatic amines is 2. The maximum absolute atomic E-state index is 13.8. The van der Waals surface area contributed by atoms with Gasteiger partial charge in [-0.2, -0.15) is 0 Å². The van der Waals surface area contributed by atoms with Crippen molar-refractivity contribution in [1.29, 1.82) is 0 Å². The highest BCUT2D eigenvalue weighted by Crippen LogP contribution is 2.48. The van der Waals surface area contributed by atoms with E-state index in [2.05, 4.69) is 51.3 Å². The Hall–Kier alpha value is -5.75. The molecule has 15 heteroatoms. The van der Waals surface area contributed by atoms with Crippen LogP contribution in [0.25, 0.3) is 22.5 Å². The molecular formula is C43H52N8O6S. The summed E-state index contributed by atoms with van der Waals surface area (Å²) in [5.74, 6) is 7.79. The lowest BCUT2D eigenvalue weighted by atomic mass is 9.97. The van der Waals surface area contributed by atoms with Crippen LogP contribution >= 0.6 is 11.8 Å². The second-order valence-corrected chi connectivity index (χ2v) is 17.4. The van der Waals surface area contributed by atoms with Gasteiger partial charge < -0.3 is 39.9 Å². The molecule has 2 aliphatic rings. The summed E-state index contributed by atoms with van der Waals surface area (Å²) < 4.78 is 9.21. The standard InChI is InChI=1S/C43H52N8O6S/c1-25(2)34(48-41(54)56-7)39(52)50-21-9-10-33(50)37-44-22-31(46-37)29-17-13-27(14-18-29)11-12-28-15-19-30(20-16-28)32-23-45-38(47-32)36-43(5,6)58-24-51(36)40(53)35(26(3)4)49-42(55)57-8/h13-20,22-23,25-26,33-36H,9-10,21,24H2,1-8H3,(H,44,46)(H,45,47)(H,48,54)(H,49,55)/t33-,34-,35-,36+/m0/s1. The number of H-pyrrole nitrogens is 2. The number of nitrogens with zero attached hydrogens (tertiary/aromatic N) is 4. The number of likely N-dealkylation sites (tertiary alicyclic amines) is 1. The number of ether oxygens (including phenoxy) is 2. The van der Waals surface area contributed by atoms with Crippen molar-refractivity contribution < 1.29 is 28.7 Å². The molecule has 2 fully saturated rings. The lowest BCUT2D eigenvalue weighted by Crippen LogP contribution is -2.52. The Morgan fingerprint density at radius 2 is 1.22 bits per heavy atom. The van der Waals surface area contributed by atoms with E-state index in [4.69, 9.17) is 14.5 Å². The Kier molecular flexibility index (Phi) is 12.9. The molecule has 0 bridgehead atoms. The number of hydrogen-bond acceptors (Lipinski definition) is 9. The first kappa shape index (κ1) is 41.9. The Balaban J connectivity index is 1.10. The quantitative estimate of drug-likeness (QED) is 0.128. The number of hydrogen-bond donors (Lipinski definition) is 4. The molecule has 4 amide bonds. The third-order valence-electron chi connectivity index (χ3n) is 10.7. The van der Waals surface area contributed by atoms with Gasteiger partial charge in [0.15, 0.2) is 0 Å². The fraction of sp³-hybridized carbons (Fsp3) is 0.442. The van der Waals surface area contributed by atoms with Gasteiger partial charge in [0.1, 0.15) is 29.8 Å². The molecule has 2 aliphatic heterocycles. The number of carbonyl (C=O) groups is 4. The van der Waals surface area contributed by atoms with Crippen LogP contribution in [-0.4, -0.2) is 97.2 Å². The van der Waals surface area contributed by atoms with Crippen LogP contribution in [-0.2, 0) is 19.1 Å². The molecule has 0 saturated carbocycles. The van der Waals surface area contributed by atoms with E-state index in [1.165, 1.54) is 14.2 Å². The number of carbonyl (C=O) groups excluding carboxylic acids is 4. The Morgan fingerprint density at radius 3 is 1.71 bits per heavy atom. The third kappa shape index (κ3) is 9.18. The van der Waals surface area contributed by atoms with Gasteiger partial charge in [-0.3, -0.25) is 9.59 Å². The molecule has 58 heavy (non-hydrogen) atoms. The van der Waals surface area contributed by atoms with Crippen molar-refractivity contribution in [2.75, 3.05) is 26.6 Å². The van der Waals surface area contributed by atoms with Crippen LogP contribution in [0, 0.1) is 23.7 Å². The van der Waals surface area contributed by atoms with Gasteiger partial charge in [-0.05, 0) is 73.9 Å². The maximum Gasteiger partial charge on any atom is 0.407 e. The first-order chi connectivity index (χ1) is 27.7. The summed E-state index contributed by atoms with van der Waals surface area (Å²) in [7, 11) is 2.57. The van der Waals surface area contributed by atoms with Crippen LogP contribution in [0.2, 0.25) is 0 Å². The van der Waals surface area contributed by atoms with Crippen LogP contribution in [0.15, 0.2) is 60.9 Å². The van der Waals surface area contributed by atoms with Gasteiger partial charge in [0.25, 0.3) is 0 Å². The second kappa shape index (κ2) is 17.8. The number of aromatic nitrogens is 4. The topological polar surface area (TPSA) is 175 Å². The number of methoxy groups -OCH3 is 2. The number of thioether (sulfide) groups is 1. The largest absolute Gasteiger partial charge is 0.453 e. The number of alkyl carbamates (subject to hydrolysis) is 2. The predicted octanol–water partition coefficient (Wildman–Crippen LogP) is 6.64. The van der Waals surface area contributed by atoms with Gasteiger partial charge in [0.05, 0.1) is 49.9 Å². The minimum absolute atomic E-state index is 0.109. The van der Waals surface area contributed by atoms with Crippen LogP contribution < -0.4 is 10.6 Å². The smallest absolute Gasteiger partial charge is 0.407 e. The minimum Gasteiger partial charge on any atom is -0.453 e. The zero-order chi connectivity index (χ0) is 41.7. The molecule has 4 aromatic rings. The first-order valence-electron chi connectivity index (χ1n) is 19.5. The number of benzene rings is 2. The lowest BCUT2D eigenvalue weighted by Gasteiger charge is -2.33.